The normalized spacial score (nSPS) is 15.7. The van der Waals surface area contributed by atoms with E-state index in [0.717, 1.165) is 72.3 Å². The van der Waals surface area contributed by atoms with Gasteiger partial charge in [0.1, 0.15) is 6.07 Å². The van der Waals surface area contributed by atoms with Gasteiger partial charge in [0, 0.05) is 53.3 Å². The molecule has 1 fully saturated rings. The van der Waals surface area contributed by atoms with Crippen molar-refractivity contribution in [3.05, 3.63) is 59.6 Å². The minimum absolute atomic E-state index is 0.0316. The van der Waals surface area contributed by atoms with Gasteiger partial charge in [0.15, 0.2) is 0 Å². The number of anilines is 2. The number of rotatable bonds is 8. The number of fused-ring (bicyclic) bond motifs is 1. The Kier molecular flexibility index (Phi) is 7.32. The van der Waals surface area contributed by atoms with Crippen LogP contribution in [0.25, 0.3) is 17.0 Å². The minimum Gasteiger partial charge on any atom is -0.361 e. The van der Waals surface area contributed by atoms with Crippen molar-refractivity contribution >= 4 is 38.4 Å². The maximum absolute atomic E-state index is 11.4. The average molecular weight is 479 g/mol. The number of aryl methyl sites for hydroxylation is 1. The Morgan fingerprint density at radius 3 is 2.79 bits per heavy atom. The van der Waals surface area contributed by atoms with E-state index in [9.17, 15) is 13.7 Å². The molecule has 1 saturated heterocycles. The van der Waals surface area contributed by atoms with Crippen molar-refractivity contribution < 1.29 is 8.42 Å². The topological polar surface area (TPSA) is 114 Å². The summed E-state index contributed by atoms with van der Waals surface area (Å²) in [5, 5.41) is 14.3. The third-order valence-electron chi connectivity index (χ3n) is 6.24. The largest absolute Gasteiger partial charge is 0.361 e. The van der Waals surface area contributed by atoms with E-state index in [1.54, 1.807) is 12.4 Å². The molecule has 0 atom stereocenters. The molecule has 34 heavy (non-hydrogen) atoms. The third kappa shape index (κ3) is 5.83. The van der Waals surface area contributed by atoms with Gasteiger partial charge in [0.2, 0.25) is 10.0 Å². The van der Waals surface area contributed by atoms with Gasteiger partial charge in [-0.15, -0.1) is 0 Å². The number of pyridine rings is 1. The number of hydrogen-bond acceptors (Lipinski definition) is 6. The first-order valence-electron chi connectivity index (χ1n) is 11.4. The second kappa shape index (κ2) is 10.4. The number of hydrogen-bond donors (Lipinski definition) is 3. The van der Waals surface area contributed by atoms with Crippen LogP contribution in [0.3, 0.4) is 0 Å². The Hall–Kier alpha value is -3.19. The number of aromatic nitrogens is 2. The van der Waals surface area contributed by atoms with E-state index in [2.05, 4.69) is 50.0 Å². The molecule has 0 radical (unpaired) electrons. The maximum Gasteiger partial charge on any atom is 0.208 e. The monoisotopic (exact) mass is 478 g/mol. The lowest BCUT2D eigenvalue weighted by Crippen LogP contribution is -2.44. The number of piperidine rings is 1. The van der Waals surface area contributed by atoms with Crippen molar-refractivity contribution in [3.8, 4) is 6.07 Å². The fourth-order valence-corrected chi connectivity index (χ4v) is 5.27. The zero-order chi connectivity index (χ0) is 24.1. The van der Waals surface area contributed by atoms with E-state index in [1.165, 1.54) is 6.26 Å². The van der Waals surface area contributed by atoms with Gasteiger partial charge in [-0.05, 0) is 63.0 Å². The average Bonchev–Trinajstić information content (AvgIpc) is 3.29. The van der Waals surface area contributed by atoms with E-state index < -0.39 is 10.0 Å². The molecule has 4 rings (SSSR count). The molecule has 3 N–H and O–H groups in total. The number of H-pyrrole nitrogens is 1. The molecular formula is C25H30N6O2S. The van der Waals surface area contributed by atoms with Crippen LogP contribution in [0.15, 0.2) is 42.9 Å². The fourth-order valence-electron chi connectivity index (χ4n) is 4.43. The lowest BCUT2D eigenvalue weighted by Gasteiger charge is -2.31. The zero-order valence-electron chi connectivity index (χ0n) is 19.5. The Balaban J connectivity index is 1.41. The van der Waals surface area contributed by atoms with Crippen LogP contribution in [0.2, 0.25) is 0 Å². The molecule has 3 heterocycles. The molecule has 0 amide bonds. The fraction of sp³-hybridized carbons (Fsp3) is 0.360. The van der Waals surface area contributed by atoms with Gasteiger partial charge < -0.3 is 15.2 Å². The predicted octanol–water partition coefficient (Wildman–Crippen LogP) is 3.90. The van der Waals surface area contributed by atoms with Crippen molar-refractivity contribution in [3.63, 3.8) is 0 Å². The summed E-state index contributed by atoms with van der Waals surface area (Å²) in [4.78, 5) is 9.82. The first-order chi connectivity index (χ1) is 16.3. The number of aromatic amines is 1. The van der Waals surface area contributed by atoms with E-state index in [0.29, 0.717) is 5.56 Å². The van der Waals surface area contributed by atoms with Gasteiger partial charge >= 0.3 is 0 Å². The molecule has 8 nitrogen and oxygen atoms in total. The molecular weight excluding hydrogens is 448 g/mol. The third-order valence-corrected chi connectivity index (χ3v) is 7.00. The first-order valence-corrected chi connectivity index (χ1v) is 13.3. The van der Waals surface area contributed by atoms with Crippen molar-refractivity contribution in [2.75, 3.05) is 31.2 Å². The summed E-state index contributed by atoms with van der Waals surface area (Å²) in [6, 6.07) is 8.38. The second-order valence-corrected chi connectivity index (χ2v) is 10.5. The van der Waals surface area contributed by atoms with Gasteiger partial charge in [-0.1, -0.05) is 12.2 Å². The van der Waals surface area contributed by atoms with Gasteiger partial charge in [-0.2, -0.15) is 5.26 Å². The molecule has 3 aromatic rings. The number of sulfonamides is 1. The molecule has 1 aromatic carbocycles. The highest BCUT2D eigenvalue weighted by Crippen LogP contribution is 2.30. The van der Waals surface area contributed by atoms with E-state index in [4.69, 9.17) is 0 Å². The van der Waals surface area contributed by atoms with Crippen molar-refractivity contribution in [2.45, 2.75) is 32.2 Å². The molecule has 0 spiro atoms. The van der Waals surface area contributed by atoms with Crippen LogP contribution in [0, 0.1) is 18.3 Å². The Bertz CT molecular complexity index is 1330. The molecule has 0 bridgehead atoms. The Morgan fingerprint density at radius 1 is 1.26 bits per heavy atom. The SMILES string of the molecule is Cc1c(Nc2c(C#N)cncc2/C=C/CCN2CCC(NS(C)(=O)=O)CC2)ccc2[nH]ccc12. The number of benzene rings is 1. The Labute approximate surface area is 200 Å². The predicted molar refractivity (Wildman–Crippen MR) is 136 cm³/mol. The maximum atomic E-state index is 11.4. The van der Waals surface area contributed by atoms with Crippen LogP contribution in [0.1, 0.15) is 36.0 Å². The van der Waals surface area contributed by atoms with Gasteiger partial charge in [0.05, 0.1) is 17.5 Å². The summed E-state index contributed by atoms with van der Waals surface area (Å²) in [5.74, 6) is 0. The standard InChI is InChI=1S/C25H30N6O2S/c1-18-22-8-11-28-24(22)7-6-23(18)29-25-19(16-27-17-20(25)15-26)5-3-4-12-31-13-9-21(10-14-31)30-34(2,32)33/h3,5-8,11,16-17,21,28,30H,4,9-10,12-14H2,1-2H3,(H,27,29)/b5-3+. The summed E-state index contributed by atoms with van der Waals surface area (Å²) < 4.78 is 25.5. The number of nitrogens with zero attached hydrogens (tertiary/aromatic N) is 3. The van der Waals surface area contributed by atoms with Crippen molar-refractivity contribution in [2.24, 2.45) is 0 Å². The Morgan fingerprint density at radius 2 is 2.06 bits per heavy atom. The van der Waals surface area contributed by atoms with Crippen LogP contribution in [-0.4, -0.2) is 55.2 Å². The van der Waals surface area contributed by atoms with Gasteiger partial charge in [0.25, 0.3) is 0 Å². The summed E-state index contributed by atoms with van der Waals surface area (Å²) in [5.41, 5.74) is 5.26. The molecule has 0 unspecified atom stereocenters. The molecule has 1 aliphatic heterocycles. The molecule has 1 aliphatic rings. The van der Waals surface area contributed by atoms with Gasteiger partial charge in [-0.25, -0.2) is 13.1 Å². The van der Waals surface area contributed by atoms with Crippen LogP contribution < -0.4 is 10.0 Å². The quantitative estimate of drug-likeness (QED) is 0.452. The van der Waals surface area contributed by atoms with E-state index in [-0.39, 0.29) is 6.04 Å². The second-order valence-electron chi connectivity index (χ2n) is 8.76. The van der Waals surface area contributed by atoms with Crippen molar-refractivity contribution in [1.82, 2.24) is 19.6 Å². The van der Waals surface area contributed by atoms with E-state index >= 15 is 0 Å². The molecule has 2 aromatic heterocycles. The number of nitriles is 1. The highest BCUT2D eigenvalue weighted by molar-refractivity contribution is 7.88. The minimum atomic E-state index is -3.15. The summed E-state index contributed by atoms with van der Waals surface area (Å²) in [6.45, 7) is 4.72. The first kappa shape index (κ1) is 24.0. The summed E-state index contributed by atoms with van der Waals surface area (Å²) in [7, 11) is -3.15. The lowest BCUT2D eigenvalue weighted by molar-refractivity contribution is 0.211. The zero-order valence-corrected chi connectivity index (χ0v) is 20.3. The van der Waals surface area contributed by atoms with E-state index in [1.807, 2.05) is 24.4 Å². The van der Waals surface area contributed by atoms with Crippen molar-refractivity contribution in [1.29, 1.82) is 5.26 Å². The van der Waals surface area contributed by atoms with Crippen LogP contribution in [0.5, 0.6) is 0 Å². The summed E-state index contributed by atoms with van der Waals surface area (Å²) >= 11 is 0. The lowest BCUT2D eigenvalue weighted by atomic mass is 10.1. The number of nitrogens with one attached hydrogen (secondary N) is 3. The smallest absolute Gasteiger partial charge is 0.208 e. The molecule has 178 valence electrons. The summed E-state index contributed by atoms with van der Waals surface area (Å²) in [6.07, 6.45) is 13.1. The highest BCUT2D eigenvalue weighted by Gasteiger charge is 2.21. The highest BCUT2D eigenvalue weighted by atomic mass is 32.2. The molecule has 9 heteroatoms. The van der Waals surface area contributed by atoms with Crippen LogP contribution >= 0.6 is 0 Å². The molecule has 0 aliphatic carbocycles. The molecule has 0 saturated carbocycles. The van der Waals surface area contributed by atoms with Gasteiger partial charge in [-0.3, -0.25) is 4.98 Å². The van der Waals surface area contributed by atoms with Crippen LogP contribution in [-0.2, 0) is 10.0 Å². The number of likely N-dealkylation sites (tertiary alicyclic amines) is 1. The van der Waals surface area contributed by atoms with Crippen LogP contribution in [0.4, 0.5) is 11.4 Å².